The molecule has 22 heavy (non-hydrogen) atoms. The van der Waals surface area contributed by atoms with Crippen LogP contribution in [0.15, 0.2) is 18.2 Å². The van der Waals surface area contributed by atoms with Crippen LogP contribution >= 0.6 is 0 Å². The van der Waals surface area contributed by atoms with Crippen molar-refractivity contribution in [2.75, 3.05) is 5.32 Å². The van der Waals surface area contributed by atoms with E-state index in [1.54, 1.807) is 11.6 Å². The van der Waals surface area contributed by atoms with Crippen LogP contribution < -0.4 is 10.6 Å². The first-order valence-corrected chi connectivity index (χ1v) is 6.82. The highest BCUT2D eigenvalue weighted by Crippen LogP contribution is 2.21. The zero-order valence-electron chi connectivity index (χ0n) is 12.9. The Morgan fingerprint density at radius 1 is 1.32 bits per heavy atom. The summed E-state index contributed by atoms with van der Waals surface area (Å²) in [5.41, 5.74) is 2.44. The van der Waals surface area contributed by atoms with E-state index in [0.29, 0.717) is 0 Å². The van der Waals surface area contributed by atoms with Crippen molar-refractivity contribution in [2.24, 2.45) is 7.05 Å². The van der Waals surface area contributed by atoms with Crippen molar-refractivity contribution in [1.82, 2.24) is 15.1 Å². The van der Waals surface area contributed by atoms with Crippen LogP contribution in [0.1, 0.15) is 29.9 Å². The minimum absolute atomic E-state index is 0.204. The number of carbonyl (C=O) groups is 1. The fraction of sp³-hybridized carbons (Fsp3) is 0.333. The minimum atomic E-state index is -0.696. The summed E-state index contributed by atoms with van der Waals surface area (Å²) >= 11 is 0. The van der Waals surface area contributed by atoms with Crippen molar-refractivity contribution >= 4 is 11.7 Å². The van der Waals surface area contributed by atoms with Crippen LogP contribution in [0.25, 0.3) is 0 Å². The van der Waals surface area contributed by atoms with Crippen molar-refractivity contribution in [3.05, 3.63) is 46.8 Å². The number of halogens is 2. The van der Waals surface area contributed by atoms with E-state index in [1.807, 2.05) is 20.9 Å². The molecule has 0 radical (unpaired) electrons. The predicted molar refractivity (Wildman–Crippen MR) is 79.6 cm³/mol. The topological polar surface area (TPSA) is 59.0 Å². The van der Waals surface area contributed by atoms with Gasteiger partial charge in [0.1, 0.15) is 11.6 Å². The number of nitrogens with one attached hydrogen (secondary N) is 2. The molecule has 0 aliphatic heterocycles. The molecule has 2 rings (SSSR count). The Hall–Kier alpha value is -2.44. The maximum atomic E-state index is 13.5. The van der Waals surface area contributed by atoms with Crippen LogP contribution in [0.2, 0.25) is 0 Å². The molecule has 5 nitrogen and oxygen atoms in total. The number of urea groups is 1. The second-order valence-electron chi connectivity index (χ2n) is 5.15. The van der Waals surface area contributed by atoms with Gasteiger partial charge in [-0.3, -0.25) is 4.68 Å². The number of anilines is 1. The van der Waals surface area contributed by atoms with Crippen LogP contribution in [-0.2, 0) is 7.05 Å². The molecule has 2 aromatic rings. The summed E-state index contributed by atoms with van der Waals surface area (Å²) in [4.78, 5) is 12.0. The summed E-state index contributed by atoms with van der Waals surface area (Å²) in [7, 11) is 1.82. The van der Waals surface area contributed by atoms with Gasteiger partial charge in [0.15, 0.2) is 0 Å². The number of aromatic nitrogens is 2. The Labute approximate surface area is 127 Å². The minimum Gasteiger partial charge on any atom is -0.331 e. The van der Waals surface area contributed by atoms with Crippen molar-refractivity contribution < 1.29 is 13.6 Å². The van der Waals surface area contributed by atoms with Crippen molar-refractivity contribution in [1.29, 1.82) is 0 Å². The zero-order valence-corrected chi connectivity index (χ0v) is 12.9. The van der Waals surface area contributed by atoms with Gasteiger partial charge < -0.3 is 10.6 Å². The van der Waals surface area contributed by atoms with E-state index < -0.39 is 17.7 Å². The molecule has 0 fully saturated rings. The molecule has 0 spiro atoms. The fourth-order valence-corrected chi connectivity index (χ4v) is 2.44. The number of hydrogen-bond acceptors (Lipinski definition) is 2. The average Bonchev–Trinajstić information content (AvgIpc) is 2.67. The van der Waals surface area contributed by atoms with Crippen molar-refractivity contribution in [3.63, 3.8) is 0 Å². The van der Waals surface area contributed by atoms with E-state index >= 15 is 0 Å². The third kappa shape index (κ3) is 3.24. The lowest BCUT2D eigenvalue weighted by Crippen LogP contribution is -2.32. The van der Waals surface area contributed by atoms with E-state index in [0.717, 1.165) is 35.2 Å². The Balaban J connectivity index is 2.10. The molecule has 2 amide bonds. The van der Waals surface area contributed by atoms with Gasteiger partial charge in [-0.2, -0.15) is 5.10 Å². The molecule has 1 aromatic carbocycles. The van der Waals surface area contributed by atoms with Gasteiger partial charge in [0.2, 0.25) is 0 Å². The molecule has 0 saturated carbocycles. The first-order chi connectivity index (χ1) is 10.3. The lowest BCUT2D eigenvalue weighted by atomic mass is 10.1. The SMILES string of the molecule is Cc1nn(C)c(C)c1[C@@H](C)NC(=O)Nc1cc(F)ccc1F. The van der Waals surface area contributed by atoms with E-state index in [-0.39, 0.29) is 11.7 Å². The summed E-state index contributed by atoms with van der Waals surface area (Å²) in [6.07, 6.45) is 0. The van der Waals surface area contributed by atoms with Crippen LogP contribution in [0.4, 0.5) is 19.3 Å². The first kappa shape index (κ1) is 15.9. The van der Waals surface area contributed by atoms with Crippen molar-refractivity contribution in [2.45, 2.75) is 26.8 Å². The van der Waals surface area contributed by atoms with Gasteiger partial charge in [0.05, 0.1) is 17.4 Å². The van der Waals surface area contributed by atoms with Crippen molar-refractivity contribution in [3.8, 4) is 0 Å². The Kier molecular flexibility index (Phi) is 4.44. The Bertz CT molecular complexity index is 712. The highest BCUT2D eigenvalue weighted by molar-refractivity contribution is 5.89. The molecule has 0 bridgehead atoms. The van der Waals surface area contributed by atoms with E-state index in [2.05, 4.69) is 15.7 Å². The Morgan fingerprint density at radius 3 is 2.59 bits per heavy atom. The number of amides is 2. The van der Waals surface area contributed by atoms with Crippen LogP contribution in [-0.4, -0.2) is 15.8 Å². The highest BCUT2D eigenvalue weighted by Gasteiger charge is 2.18. The van der Waals surface area contributed by atoms with Crippen LogP contribution in [0.5, 0.6) is 0 Å². The van der Waals surface area contributed by atoms with E-state index in [9.17, 15) is 13.6 Å². The van der Waals surface area contributed by atoms with Crippen LogP contribution in [0.3, 0.4) is 0 Å². The first-order valence-electron chi connectivity index (χ1n) is 6.82. The third-order valence-corrected chi connectivity index (χ3v) is 3.52. The molecule has 0 saturated heterocycles. The van der Waals surface area contributed by atoms with Gasteiger partial charge in [-0.25, -0.2) is 13.6 Å². The number of benzene rings is 1. The third-order valence-electron chi connectivity index (χ3n) is 3.52. The predicted octanol–water partition coefficient (Wildman–Crippen LogP) is 3.20. The number of aryl methyl sites for hydroxylation is 2. The molecule has 1 atom stereocenters. The summed E-state index contributed by atoms with van der Waals surface area (Å²) in [6, 6.07) is 1.96. The largest absolute Gasteiger partial charge is 0.331 e. The Morgan fingerprint density at radius 2 is 2.00 bits per heavy atom. The number of carbonyl (C=O) groups excluding carboxylic acids is 1. The summed E-state index contributed by atoms with van der Waals surface area (Å²) in [6.45, 7) is 5.56. The smallest absolute Gasteiger partial charge is 0.319 e. The second kappa shape index (κ2) is 6.13. The van der Waals surface area contributed by atoms with E-state index in [4.69, 9.17) is 0 Å². The number of nitrogens with zero attached hydrogens (tertiary/aromatic N) is 2. The van der Waals surface area contributed by atoms with Gasteiger partial charge in [-0.1, -0.05) is 0 Å². The highest BCUT2D eigenvalue weighted by atomic mass is 19.1. The molecule has 2 N–H and O–H groups in total. The fourth-order valence-electron chi connectivity index (χ4n) is 2.44. The summed E-state index contributed by atoms with van der Waals surface area (Å²) in [5, 5.41) is 9.28. The molecule has 118 valence electrons. The molecule has 7 heteroatoms. The normalized spacial score (nSPS) is 12.1. The summed E-state index contributed by atoms with van der Waals surface area (Å²) < 4.78 is 28.3. The van der Waals surface area contributed by atoms with Gasteiger partial charge in [0, 0.05) is 24.4 Å². The monoisotopic (exact) mass is 308 g/mol. The molecule has 0 unspecified atom stereocenters. The maximum Gasteiger partial charge on any atom is 0.319 e. The molecule has 0 aliphatic rings. The van der Waals surface area contributed by atoms with Crippen LogP contribution in [0, 0.1) is 25.5 Å². The standard InChI is InChI=1S/C15H18F2N4O/c1-8(14-9(2)20-21(4)10(14)3)18-15(22)19-13-7-11(16)5-6-12(13)17/h5-8H,1-4H3,(H2,18,19,22)/t8-/m1/s1. The summed E-state index contributed by atoms with van der Waals surface area (Å²) in [5.74, 6) is -1.32. The molecule has 0 aliphatic carbocycles. The molecule has 1 heterocycles. The number of rotatable bonds is 3. The van der Waals surface area contributed by atoms with Gasteiger partial charge >= 0.3 is 6.03 Å². The van der Waals surface area contributed by atoms with Gasteiger partial charge in [-0.15, -0.1) is 0 Å². The number of hydrogen-bond donors (Lipinski definition) is 2. The maximum absolute atomic E-state index is 13.5. The lowest BCUT2D eigenvalue weighted by molar-refractivity contribution is 0.249. The molecular weight excluding hydrogens is 290 g/mol. The van der Waals surface area contributed by atoms with Gasteiger partial charge in [-0.05, 0) is 32.9 Å². The molecule has 1 aromatic heterocycles. The lowest BCUT2D eigenvalue weighted by Gasteiger charge is -2.16. The second-order valence-corrected chi connectivity index (χ2v) is 5.15. The molecular formula is C15H18F2N4O. The average molecular weight is 308 g/mol. The van der Waals surface area contributed by atoms with Gasteiger partial charge in [0.25, 0.3) is 0 Å². The quantitative estimate of drug-likeness (QED) is 0.915. The zero-order chi connectivity index (χ0) is 16.4. The van der Waals surface area contributed by atoms with E-state index in [1.165, 1.54) is 0 Å².